The van der Waals surface area contributed by atoms with Crippen LogP contribution in [0.4, 0.5) is 0 Å². The lowest BCUT2D eigenvalue weighted by atomic mass is 10.0. The van der Waals surface area contributed by atoms with Crippen molar-refractivity contribution in [3.05, 3.63) is 66.2 Å². The SMILES string of the molecule is NS(=O)(=O)c1cccc(S(=O)(=O)N2CC=C(c3ccccc3)CC2)c1. The van der Waals surface area contributed by atoms with Crippen LogP contribution in [0, 0.1) is 0 Å². The fourth-order valence-electron chi connectivity index (χ4n) is 2.74. The highest BCUT2D eigenvalue weighted by Gasteiger charge is 2.27. The number of nitrogens with zero attached hydrogens (tertiary/aromatic N) is 1. The molecule has 3 rings (SSSR count). The minimum Gasteiger partial charge on any atom is -0.225 e. The molecule has 0 saturated carbocycles. The molecule has 0 saturated heterocycles. The lowest BCUT2D eigenvalue weighted by Crippen LogP contribution is -2.34. The summed E-state index contributed by atoms with van der Waals surface area (Å²) >= 11 is 0. The van der Waals surface area contributed by atoms with E-state index in [1.165, 1.54) is 22.5 Å². The zero-order chi connectivity index (χ0) is 18.1. The van der Waals surface area contributed by atoms with Crippen LogP contribution in [0.1, 0.15) is 12.0 Å². The van der Waals surface area contributed by atoms with Gasteiger partial charge in [-0.3, -0.25) is 0 Å². The third kappa shape index (κ3) is 3.82. The number of nitrogens with two attached hydrogens (primary N) is 1. The maximum Gasteiger partial charge on any atom is 0.243 e. The van der Waals surface area contributed by atoms with Crippen molar-refractivity contribution in [2.75, 3.05) is 13.1 Å². The Morgan fingerprint density at radius 3 is 2.16 bits per heavy atom. The first-order valence-corrected chi connectivity index (χ1v) is 10.6. The molecule has 2 aromatic rings. The molecular formula is C17H18N2O4S2. The maximum absolute atomic E-state index is 12.8. The molecule has 0 fully saturated rings. The van der Waals surface area contributed by atoms with Gasteiger partial charge in [0.15, 0.2) is 0 Å². The van der Waals surface area contributed by atoms with Crippen LogP contribution in [0.5, 0.6) is 0 Å². The molecule has 1 aliphatic rings. The first-order valence-electron chi connectivity index (χ1n) is 7.66. The number of primary sulfonamides is 1. The molecule has 0 amide bonds. The second-order valence-corrected chi connectivity index (χ2v) is 9.23. The zero-order valence-electron chi connectivity index (χ0n) is 13.4. The Morgan fingerprint density at radius 1 is 0.880 bits per heavy atom. The van der Waals surface area contributed by atoms with Crippen molar-refractivity contribution in [1.82, 2.24) is 4.31 Å². The molecule has 0 atom stereocenters. The van der Waals surface area contributed by atoms with E-state index in [9.17, 15) is 16.8 Å². The van der Waals surface area contributed by atoms with Gasteiger partial charge in [0, 0.05) is 13.1 Å². The van der Waals surface area contributed by atoms with Gasteiger partial charge in [-0.05, 0) is 35.8 Å². The van der Waals surface area contributed by atoms with Crippen LogP contribution < -0.4 is 5.14 Å². The lowest BCUT2D eigenvalue weighted by molar-refractivity contribution is 0.441. The van der Waals surface area contributed by atoms with E-state index >= 15 is 0 Å². The number of hydrogen-bond donors (Lipinski definition) is 1. The summed E-state index contributed by atoms with van der Waals surface area (Å²) in [6.07, 6.45) is 2.48. The van der Waals surface area contributed by atoms with Crippen molar-refractivity contribution in [3.8, 4) is 0 Å². The Balaban J connectivity index is 1.87. The molecule has 0 aliphatic carbocycles. The number of benzene rings is 2. The molecule has 0 radical (unpaired) electrons. The second kappa shape index (κ2) is 6.72. The molecule has 0 aromatic heterocycles. The molecule has 2 aromatic carbocycles. The Labute approximate surface area is 147 Å². The van der Waals surface area contributed by atoms with Gasteiger partial charge in [0.1, 0.15) is 0 Å². The van der Waals surface area contributed by atoms with Crippen LogP contribution in [0.25, 0.3) is 5.57 Å². The van der Waals surface area contributed by atoms with Gasteiger partial charge in [-0.25, -0.2) is 22.0 Å². The average molecular weight is 378 g/mol. The van der Waals surface area contributed by atoms with E-state index in [4.69, 9.17) is 5.14 Å². The first kappa shape index (κ1) is 17.8. The molecule has 6 nitrogen and oxygen atoms in total. The van der Waals surface area contributed by atoms with E-state index in [0.29, 0.717) is 13.0 Å². The van der Waals surface area contributed by atoms with Gasteiger partial charge in [-0.1, -0.05) is 42.5 Å². The topological polar surface area (TPSA) is 97.5 Å². The highest BCUT2D eigenvalue weighted by Crippen LogP contribution is 2.26. The number of hydrogen-bond acceptors (Lipinski definition) is 4. The van der Waals surface area contributed by atoms with E-state index in [2.05, 4.69) is 0 Å². The number of sulfonamides is 2. The van der Waals surface area contributed by atoms with Crippen molar-refractivity contribution >= 4 is 25.6 Å². The Bertz CT molecular complexity index is 1010. The van der Waals surface area contributed by atoms with Crippen LogP contribution >= 0.6 is 0 Å². The minimum absolute atomic E-state index is 0.0735. The Morgan fingerprint density at radius 2 is 1.56 bits per heavy atom. The molecule has 0 bridgehead atoms. The fourth-order valence-corrected chi connectivity index (χ4v) is 4.81. The predicted molar refractivity (Wildman–Crippen MR) is 95.6 cm³/mol. The summed E-state index contributed by atoms with van der Waals surface area (Å²) in [5.41, 5.74) is 2.18. The van der Waals surface area contributed by atoms with E-state index < -0.39 is 20.0 Å². The van der Waals surface area contributed by atoms with Gasteiger partial charge in [-0.2, -0.15) is 4.31 Å². The van der Waals surface area contributed by atoms with Crippen molar-refractivity contribution in [3.63, 3.8) is 0 Å². The van der Waals surface area contributed by atoms with Gasteiger partial charge in [-0.15, -0.1) is 0 Å². The summed E-state index contributed by atoms with van der Waals surface area (Å²) < 4.78 is 49.8. The Hall–Kier alpha value is -2.00. The van der Waals surface area contributed by atoms with Gasteiger partial charge in [0.2, 0.25) is 20.0 Å². The molecule has 8 heteroatoms. The van der Waals surface area contributed by atoms with Crippen LogP contribution in [0.3, 0.4) is 0 Å². The molecule has 132 valence electrons. The van der Waals surface area contributed by atoms with E-state index in [1.54, 1.807) is 0 Å². The average Bonchev–Trinajstić information content (AvgIpc) is 2.62. The minimum atomic E-state index is -3.96. The molecule has 2 N–H and O–H groups in total. The molecular weight excluding hydrogens is 360 g/mol. The van der Waals surface area contributed by atoms with Crippen molar-refractivity contribution < 1.29 is 16.8 Å². The molecule has 25 heavy (non-hydrogen) atoms. The molecule has 1 aliphatic heterocycles. The van der Waals surface area contributed by atoms with Gasteiger partial charge in [0.25, 0.3) is 0 Å². The second-order valence-electron chi connectivity index (χ2n) is 5.73. The number of rotatable bonds is 4. The lowest BCUT2D eigenvalue weighted by Gasteiger charge is -2.26. The van der Waals surface area contributed by atoms with E-state index in [0.717, 1.165) is 17.2 Å². The Kier molecular flexibility index (Phi) is 4.79. The molecule has 0 spiro atoms. The van der Waals surface area contributed by atoms with Crippen molar-refractivity contribution in [2.24, 2.45) is 5.14 Å². The van der Waals surface area contributed by atoms with E-state index in [1.807, 2.05) is 36.4 Å². The predicted octanol–water partition coefficient (Wildman–Crippen LogP) is 1.81. The summed E-state index contributed by atoms with van der Waals surface area (Å²) in [5, 5.41) is 5.08. The summed E-state index contributed by atoms with van der Waals surface area (Å²) in [6.45, 7) is 0.578. The third-order valence-corrected chi connectivity index (χ3v) is 6.86. The third-order valence-electron chi connectivity index (χ3n) is 4.09. The van der Waals surface area contributed by atoms with Crippen molar-refractivity contribution in [1.29, 1.82) is 0 Å². The highest BCUT2D eigenvalue weighted by molar-refractivity contribution is 7.90. The van der Waals surface area contributed by atoms with Crippen LogP contribution in [-0.2, 0) is 20.0 Å². The fraction of sp³-hybridized carbons (Fsp3) is 0.176. The van der Waals surface area contributed by atoms with Crippen molar-refractivity contribution in [2.45, 2.75) is 16.2 Å². The zero-order valence-corrected chi connectivity index (χ0v) is 15.0. The summed E-state index contributed by atoms with van der Waals surface area (Å²) in [4.78, 5) is -0.290. The summed E-state index contributed by atoms with van der Waals surface area (Å²) in [5.74, 6) is 0. The summed E-state index contributed by atoms with van der Waals surface area (Å²) in [6, 6.07) is 14.9. The normalized spacial score (nSPS) is 16.4. The highest BCUT2D eigenvalue weighted by atomic mass is 32.2. The van der Waals surface area contributed by atoms with Gasteiger partial charge in [0.05, 0.1) is 9.79 Å². The van der Waals surface area contributed by atoms with Crippen LogP contribution in [0.15, 0.2) is 70.5 Å². The monoisotopic (exact) mass is 378 g/mol. The van der Waals surface area contributed by atoms with Gasteiger partial charge < -0.3 is 0 Å². The summed E-state index contributed by atoms with van der Waals surface area (Å²) in [7, 11) is -7.74. The maximum atomic E-state index is 12.8. The first-order chi connectivity index (χ1) is 11.8. The quantitative estimate of drug-likeness (QED) is 0.877. The van der Waals surface area contributed by atoms with Crippen LogP contribution in [-0.4, -0.2) is 34.2 Å². The van der Waals surface area contributed by atoms with Crippen LogP contribution in [0.2, 0.25) is 0 Å². The molecule has 1 heterocycles. The van der Waals surface area contributed by atoms with E-state index in [-0.39, 0.29) is 16.3 Å². The smallest absolute Gasteiger partial charge is 0.225 e. The standard InChI is InChI=1S/C17H18N2O4S2/c18-24(20,21)16-7-4-8-17(13-16)25(22,23)19-11-9-15(10-12-19)14-5-2-1-3-6-14/h1-9,13H,10-12H2,(H2,18,20,21). The molecule has 0 unspecified atom stereocenters. The largest absolute Gasteiger partial charge is 0.243 e. The van der Waals surface area contributed by atoms with Gasteiger partial charge >= 0.3 is 0 Å².